The average Bonchev–Trinajstić information content (AvgIpc) is 3.17. The van der Waals surface area contributed by atoms with Crippen molar-refractivity contribution in [3.05, 3.63) is 30.2 Å². The van der Waals surface area contributed by atoms with Crippen LogP contribution >= 0.6 is 0 Å². The van der Waals surface area contributed by atoms with Crippen LogP contribution in [-0.2, 0) is 15.9 Å². The Balaban J connectivity index is 1.59. The second-order valence-corrected chi connectivity index (χ2v) is 4.76. The van der Waals surface area contributed by atoms with Gasteiger partial charge >= 0.3 is 0 Å². The molecule has 0 aliphatic carbocycles. The van der Waals surface area contributed by atoms with Crippen molar-refractivity contribution in [1.82, 2.24) is 10.2 Å². The Hall–Kier alpha value is -1.92. The van der Waals surface area contributed by atoms with Crippen LogP contribution in [0.25, 0.3) is 11.5 Å². The molecule has 1 saturated heterocycles. The number of rotatable bonds is 6. The second kappa shape index (κ2) is 6.69. The number of nitrogens with zero attached hydrogens (tertiary/aromatic N) is 2. The predicted molar refractivity (Wildman–Crippen MR) is 74.9 cm³/mol. The SMILES string of the molecule is CCCc1nnc(-c2ccc(OCC3OCCO3)cc2)o1. The molecule has 0 unspecified atom stereocenters. The molecule has 1 aliphatic rings. The van der Waals surface area contributed by atoms with Gasteiger partial charge in [0.15, 0.2) is 6.29 Å². The molecule has 1 aromatic heterocycles. The topological polar surface area (TPSA) is 66.6 Å². The molecule has 6 nitrogen and oxygen atoms in total. The summed E-state index contributed by atoms with van der Waals surface area (Å²) in [6, 6.07) is 7.53. The van der Waals surface area contributed by atoms with E-state index in [4.69, 9.17) is 18.6 Å². The third-order valence-electron chi connectivity index (χ3n) is 3.11. The Morgan fingerprint density at radius 3 is 2.62 bits per heavy atom. The molecule has 1 aliphatic heterocycles. The number of aromatic nitrogens is 2. The van der Waals surface area contributed by atoms with E-state index >= 15 is 0 Å². The summed E-state index contributed by atoms with van der Waals surface area (Å²) in [5.41, 5.74) is 0.880. The van der Waals surface area contributed by atoms with Crippen LogP contribution in [0.15, 0.2) is 28.7 Å². The normalized spacial score (nSPS) is 15.5. The van der Waals surface area contributed by atoms with E-state index in [1.807, 2.05) is 24.3 Å². The molecule has 1 aromatic carbocycles. The molecule has 0 N–H and O–H groups in total. The Kier molecular flexibility index (Phi) is 4.47. The summed E-state index contributed by atoms with van der Waals surface area (Å²) in [4.78, 5) is 0. The quantitative estimate of drug-likeness (QED) is 0.814. The van der Waals surface area contributed by atoms with Crippen LogP contribution in [0.3, 0.4) is 0 Å². The van der Waals surface area contributed by atoms with Gasteiger partial charge < -0.3 is 18.6 Å². The van der Waals surface area contributed by atoms with E-state index in [2.05, 4.69) is 17.1 Å². The van der Waals surface area contributed by atoms with Crippen LogP contribution in [0.1, 0.15) is 19.2 Å². The summed E-state index contributed by atoms with van der Waals surface area (Å²) in [6.45, 7) is 3.72. The molecular weight excluding hydrogens is 272 g/mol. The number of ether oxygens (including phenoxy) is 3. The molecule has 0 bridgehead atoms. The van der Waals surface area contributed by atoms with Crippen LogP contribution in [-0.4, -0.2) is 36.3 Å². The van der Waals surface area contributed by atoms with Crippen molar-refractivity contribution < 1.29 is 18.6 Å². The summed E-state index contributed by atoms with van der Waals surface area (Å²) in [6.07, 6.45) is 1.52. The molecule has 1 fully saturated rings. The molecule has 6 heteroatoms. The Morgan fingerprint density at radius 1 is 1.14 bits per heavy atom. The van der Waals surface area contributed by atoms with Gasteiger partial charge in [-0.25, -0.2) is 0 Å². The zero-order valence-electron chi connectivity index (χ0n) is 11.9. The fourth-order valence-corrected chi connectivity index (χ4v) is 2.05. The van der Waals surface area contributed by atoms with Crippen LogP contribution in [0.4, 0.5) is 0 Å². The largest absolute Gasteiger partial charge is 0.488 e. The lowest BCUT2D eigenvalue weighted by Crippen LogP contribution is -2.18. The maximum absolute atomic E-state index is 5.61. The summed E-state index contributed by atoms with van der Waals surface area (Å²) in [5, 5.41) is 8.06. The standard InChI is InChI=1S/C15H18N2O4/c1-2-3-13-16-17-15(21-13)11-4-6-12(7-5-11)20-10-14-18-8-9-19-14/h4-7,14H,2-3,8-10H2,1H3. The van der Waals surface area contributed by atoms with Gasteiger partial charge in [0.25, 0.3) is 0 Å². The summed E-state index contributed by atoms with van der Waals surface area (Å²) >= 11 is 0. The molecule has 0 amide bonds. The number of hydrogen-bond donors (Lipinski definition) is 0. The van der Waals surface area contributed by atoms with Gasteiger partial charge in [0.05, 0.1) is 13.2 Å². The highest BCUT2D eigenvalue weighted by molar-refractivity contribution is 5.53. The van der Waals surface area contributed by atoms with Gasteiger partial charge in [-0.2, -0.15) is 0 Å². The van der Waals surface area contributed by atoms with E-state index in [1.165, 1.54) is 0 Å². The minimum absolute atomic E-state index is 0.266. The van der Waals surface area contributed by atoms with Crippen molar-refractivity contribution >= 4 is 0 Å². The van der Waals surface area contributed by atoms with E-state index in [-0.39, 0.29) is 6.29 Å². The predicted octanol–water partition coefficient (Wildman–Crippen LogP) is 2.44. The van der Waals surface area contributed by atoms with E-state index < -0.39 is 0 Å². The maximum Gasteiger partial charge on any atom is 0.247 e. The van der Waals surface area contributed by atoms with E-state index in [0.29, 0.717) is 31.6 Å². The van der Waals surface area contributed by atoms with Crippen molar-refractivity contribution in [3.63, 3.8) is 0 Å². The molecule has 0 atom stereocenters. The van der Waals surface area contributed by atoms with Gasteiger partial charge in [0, 0.05) is 12.0 Å². The summed E-state index contributed by atoms with van der Waals surface area (Å²) in [5.74, 6) is 1.96. The highest BCUT2D eigenvalue weighted by Crippen LogP contribution is 2.22. The first-order valence-corrected chi connectivity index (χ1v) is 7.14. The molecule has 0 radical (unpaired) electrons. The molecule has 0 spiro atoms. The molecular formula is C15H18N2O4. The van der Waals surface area contributed by atoms with Gasteiger partial charge in [-0.15, -0.1) is 10.2 Å². The number of hydrogen-bond acceptors (Lipinski definition) is 6. The van der Waals surface area contributed by atoms with Crippen molar-refractivity contribution in [1.29, 1.82) is 0 Å². The monoisotopic (exact) mass is 290 g/mol. The lowest BCUT2D eigenvalue weighted by Gasteiger charge is -2.10. The first-order valence-electron chi connectivity index (χ1n) is 7.14. The molecule has 2 heterocycles. The minimum Gasteiger partial charge on any atom is -0.488 e. The van der Waals surface area contributed by atoms with Gasteiger partial charge in [-0.05, 0) is 30.7 Å². The van der Waals surface area contributed by atoms with Crippen LogP contribution in [0.2, 0.25) is 0 Å². The van der Waals surface area contributed by atoms with Crippen molar-refractivity contribution in [2.45, 2.75) is 26.1 Å². The van der Waals surface area contributed by atoms with Gasteiger partial charge in [-0.1, -0.05) is 6.92 Å². The number of benzene rings is 1. The van der Waals surface area contributed by atoms with Crippen molar-refractivity contribution in [3.8, 4) is 17.2 Å². The molecule has 3 rings (SSSR count). The maximum atomic E-state index is 5.61. The first kappa shape index (κ1) is 14.0. The van der Waals surface area contributed by atoms with Crippen LogP contribution in [0.5, 0.6) is 5.75 Å². The fourth-order valence-electron chi connectivity index (χ4n) is 2.05. The molecule has 21 heavy (non-hydrogen) atoms. The van der Waals surface area contributed by atoms with E-state index in [1.54, 1.807) is 0 Å². The van der Waals surface area contributed by atoms with Crippen molar-refractivity contribution in [2.24, 2.45) is 0 Å². The third kappa shape index (κ3) is 3.59. The summed E-state index contributed by atoms with van der Waals surface area (Å²) in [7, 11) is 0. The Morgan fingerprint density at radius 2 is 1.90 bits per heavy atom. The van der Waals surface area contributed by atoms with Crippen molar-refractivity contribution in [2.75, 3.05) is 19.8 Å². The van der Waals surface area contributed by atoms with Crippen LogP contribution in [0, 0.1) is 0 Å². The van der Waals surface area contributed by atoms with Gasteiger partial charge in [0.2, 0.25) is 11.8 Å². The number of aryl methyl sites for hydroxylation is 1. The molecule has 112 valence electrons. The fraction of sp³-hybridized carbons (Fsp3) is 0.467. The minimum atomic E-state index is -0.266. The molecule has 0 saturated carbocycles. The molecule has 2 aromatic rings. The smallest absolute Gasteiger partial charge is 0.247 e. The highest BCUT2D eigenvalue weighted by Gasteiger charge is 2.16. The Labute approximate surface area is 123 Å². The van der Waals surface area contributed by atoms with Gasteiger partial charge in [0.1, 0.15) is 12.4 Å². The third-order valence-corrected chi connectivity index (χ3v) is 3.11. The zero-order valence-corrected chi connectivity index (χ0v) is 11.9. The average molecular weight is 290 g/mol. The Bertz CT molecular complexity index is 561. The highest BCUT2D eigenvalue weighted by atomic mass is 16.7. The second-order valence-electron chi connectivity index (χ2n) is 4.76. The lowest BCUT2D eigenvalue weighted by molar-refractivity contribution is -0.0684. The first-order chi connectivity index (χ1) is 10.3. The van der Waals surface area contributed by atoms with Gasteiger partial charge in [-0.3, -0.25) is 0 Å². The zero-order chi connectivity index (χ0) is 14.5. The van der Waals surface area contributed by atoms with E-state index in [9.17, 15) is 0 Å². The summed E-state index contributed by atoms with van der Waals surface area (Å²) < 4.78 is 21.8. The van der Waals surface area contributed by atoms with Crippen LogP contribution < -0.4 is 4.74 Å². The lowest BCUT2D eigenvalue weighted by atomic mass is 10.2. The van der Waals surface area contributed by atoms with E-state index in [0.717, 1.165) is 24.2 Å².